The zero-order chi connectivity index (χ0) is 12.3. The van der Waals surface area contributed by atoms with Gasteiger partial charge in [0.05, 0.1) is 6.04 Å². The van der Waals surface area contributed by atoms with E-state index in [-0.39, 0.29) is 11.9 Å². The second-order valence-electron chi connectivity index (χ2n) is 4.25. The van der Waals surface area contributed by atoms with E-state index < -0.39 is 0 Å². The fourth-order valence-electron chi connectivity index (χ4n) is 2.26. The monoisotopic (exact) mass is 297 g/mol. The molecule has 1 saturated heterocycles. The number of pyridine rings is 1. The molecule has 1 aromatic rings. The molecule has 0 saturated carbocycles. The topological polar surface area (TPSA) is 45.2 Å². The maximum atomic E-state index is 11.7. The average Bonchev–Trinajstić information content (AvgIpc) is 2.76. The number of nitrogens with one attached hydrogen (secondary N) is 1. The SMILES string of the molecule is CNC(=O)C1CCCN1Cc1cncc(Br)c1. The van der Waals surface area contributed by atoms with Crippen molar-refractivity contribution in [1.82, 2.24) is 15.2 Å². The maximum Gasteiger partial charge on any atom is 0.237 e. The number of carbonyl (C=O) groups excluding carboxylic acids is 1. The van der Waals surface area contributed by atoms with Gasteiger partial charge >= 0.3 is 0 Å². The van der Waals surface area contributed by atoms with Gasteiger partial charge in [0, 0.05) is 30.5 Å². The highest BCUT2D eigenvalue weighted by molar-refractivity contribution is 9.10. The molecule has 1 amide bonds. The van der Waals surface area contributed by atoms with Gasteiger partial charge in [-0.05, 0) is 46.9 Å². The number of hydrogen-bond donors (Lipinski definition) is 1. The Morgan fingerprint density at radius 1 is 1.65 bits per heavy atom. The van der Waals surface area contributed by atoms with Gasteiger partial charge in [-0.2, -0.15) is 0 Å². The van der Waals surface area contributed by atoms with E-state index in [9.17, 15) is 4.79 Å². The van der Waals surface area contributed by atoms with Crippen LogP contribution in [-0.2, 0) is 11.3 Å². The Morgan fingerprint density at radius 3 is 3.18 bits per heavy atom. The van der Waals surface area contributed by atoms with Crippen LogP contribution in [0.3, 0.4) is 0 Å². The van der Waals surface area contributed by atoms with Crippen molar-refractivity contribution in [3.05, 3.63) is 28.5 Å². The summed E-state index contributed by atoms with van der Waals surface area (Å²) in [5.41, 5.74) is 1.13. The lowest BCUT2D eigenvalue weighted by atomic mass is 10.2. The minimum absolute atomic E-state index is 0.0129. The lowest BCUT2D eigenvalue weighted by Gasteiger charge is -2.22. The Labute approximate surface area is 110 Å². The Bertz CT molecular complexity index is 410. The van der Waals surface area contributed by atoms with Gasteiger partial charge in [0.2, 0.25) is 5.91 Å². The Morgan fingerprint density at radius 2 is 2.47 bits per heavy atom. The molecule has 1 fully saturated rings. The van der Waals surface area contributed by atoms with Crippen molar-refractivity contribution in [3.8, 4) is 0 Å². The summed E-state index contributed by atoms with van der Waals surface area (Å²) in [5, 5.41) is 2.73. The first-order chi connectivity index (χ1) is 8.20. The lowest BCUT2D eigenvalue weighted by Crippen LogP contribution is -2.41. The van der Waals surface area contributed by atoms with Gasteiger partial charge in [-0.3, -0.25) is 14.7 Å². The quantitative estimate of drug-likeness (QED) is 0.921. The summed E-state index contributed by atoms with van der Waals surface area (Å²) in [5.74, 6) is 0.116. The van der Waals surface area contributed by atoms with E-state index in [4.69, 9.17) is 0 Å². The fourth-order valence-corrected chi connectivity index (χ4v) is 2.67. The zero-order valence-electron chi connectivity index (χ0n) is 9.82. The van der Waals surface area contributed by atoms with Gasteiger partial charge in [0.15, 0.2) is 0 Å². The van der Waals surface area contributed by atoms with Crippen LogP contribution in [0.4, 0.5) is 0 Å². The van der Waals surface area contributed by atoms with Crippen LogP contribution in [0.1, 0.15) is 18.4 Å². The van der Waals surface area contributed by atoms with E-state index >= 15 is 0 Å². The molecule has 2 rings (SSSR count). The number of nitrogens with zero attached hydrogens (tertiary/aromatic N) is 2. The molecule has 1 aliphatic heterocycles. The summed E-state index contributed by atoms with van der Waals surface area (Å²) < 4.78 is 0.977. The first-order valence-electron chi connectivity index (χ1n) is 5.76. The van der Waals surface area contributed by atoms with E-state index in [1.54, 1.807) is 13.2 Å². The van der Waals surface area contributed by atoms with Gasteiger partial charge in [0.25, 0.3) is 0 Å². The summed E-state index contributed by atoms with van der Waals surface area (Å²) in [4.78, 5) is 18.1. The van der Waals surface area contributed by atoms with Crippen LogP contribution in [0, 0.1) is 0 Å². The molecule has 0 spiro atoms. The molecule has 17 heavy (non-hydrogen) atoms. The predicted octanol–water partition coefficient (Wildman–Crippen LogP) is 1.55. The van der Waals surface area contributed by atoms with Gasteiger partial charge in [0.1, 0.15) is 0 Å². The molecule has 0 radical (unpaired) electrons. The second kappa shape index (κ2) is 5.60. The number of amides is 1. The molecule has 4 nitrogen and oxygen atoms in total. The number of likely N-dealkylation sites (tertiary alicyclic amines) is 1. The van der Waals surface area contributed by atoms with Crippen molar-refractivity contribution < 1.29 is 4.79 Å². The maximum absolute atomic E-state index is 11.7. The van der Waals surface area contributed by atoms with Crippen LogP contribution in [0.25, 0.3) is 0 Å². The number of hydrogen-bond acceptors (Lipinski definition) is 3. The molecular formula is C12H16BrN3O. The molecule has 1 aliphatic rings. The van der Waals surface area contributed by atoms with Crippen LogP contribution in [-0.4, -0.2) is 35.4 Å². The average molecular weight is 298 g/mol. The molecule has 1 atom stereocenters. The normalized spacial score (nSPS) is 20.5. The van der Waals surface area contributed by atoms with Gasteiger partial charge in [-0.15, -0.1) is 0 Å². The molecular weight excluding hydrogens is 282 g/mol. The van der Waals surface area contributed by atoms with Crippen LogP contribution in [0.2, 0.25) is 0 Å². The molecule has 5 heteroatoms. The molecule has 0 aliphatic carbocycles. The molecule has 0 aromatic carbocycles. The number of rotatable bonds is 3. The molecule has 1 unspecified atom stereocenters. The largest absolute Gasteiger partial charge is 0.358 e. The third-order valence-electron chi connectivity index (χ3n) is 3.06. The minimum atomic E-state index is 0.0129. The smallest absolute Gasteiger partial charge is 0.237 e. The minimum Gasteiger partial charge on any atom is -0.358 e. The van der Waals surface area contributed by atoms with E-state index in [2.05, 4.69) is 31.1 Å². The van der Waals surface area contributed by atoms with Crippen molar-refractivity contribution in [2.75, 3.05) is 13.6 Å². The summed E-state index contributed by atoms with van der Waals surface area (Å²) in [7, 11) is 1.69. The summed E-state index contributed by atoms with van der Waals surface area (Å²) in [6.45, 7) is 1.76. The Hall–Kier alpha value is -0.940. The first kappa shape index (κ1) is 12.5. The number of carbonyl (C=O) groups is 1. The highest BCUT2D eigenvalue weighted by Crippen LogP contribution is 2.21. The number of aromatic nitrogens is 1. The van der Waals surface area contributed by atoms with Gasteiger partial charge in [-0.25, -0.2) is 0 Å². The van der Waals surface area contributed by atoms with Crippen LogP contribution >= 0.6 is 15.9 Å². The zero-order valence-corrected chi connectivity index (χ0v) is 11.4. The van der Waals surface area contributed by atoms with Gasteiger partial charge < -0.3 is 5.32 Å². The van der Waals surface area contributed by atoms with Crippen molar-refractivity contribution in [1.29, 1.82) is 0 Å². The summed E-state index contributed by atoms with van der Waals surface area (Å²) in [6, 6.07) is 2.06. The van der Waals surface area contributed by atoms with Crippen molar-refractivity contribution in [2.45, 2.75) is 25.4 Å². The van der Waals surface area contributed by atoms with Crippen LogP contribution in [0.5, 0.6) is 0 Å². The number of halogens is 1. The second-order valence-corrected chi connectivity index (χ2v) is 5.17. The molecule has 1 aromatic heterocycles. The van der Waals surface area contributed by atoms with Crippen molar-refractivity contribution in [2.24, 2.45) is 0 Å². The Kier molecular flexibility index (Phi) is 4.12. The van der Waals surface area contributed by atoms with E-state index in [0.29, 0.717) is 0 Å². The highest BCUT2D eigenvalue weighted by Gasteiger charge is 2.29. The molecule has 1 N–H and O–H groups in total. The Balaban J connectivity index is 2.05. The summed E-state index contributed by atoms with van der Waals surface area (Å²) in [6.07, 6.45) is 5.65. The fraction of sp³-hybridized carbons (Fsp3) is 0.500. The number of likely N-dealkylation sites (N-methyl/N-ethyl adjacent to an activating group) is 1. The highest BCUT2D eigenvalue weighted by atomic mass is 79.9. The lowest BCUT2D eigenvalue weighted by molar-refractivity contribution is -0.125. The predicted molar refractivity (Wildman–Crippen MR) is 69.4 cm³/mol. The third-order valence-corrected chi connectivity index (χ3v) is 3.49. The van der Waals surface area contributed by atoms with Crippen molar-refractivity contribution >= 4 is 21.8 Å². The van der Waals surface area contributed by atoms with E-state index in [1.807, 2.05) is 12.3 Å². The molecule has 92 valence electrons. The summed E-state index contributed by atoms with van der Waals surface area (Å²) >= 11 is 3.41. The van der Waals surface area contributed by atoms with E-state index in [1.165, 1.54) is 0 Å². The van der Waals surface area contributed by atoms with Crippen LogP contribution < -0.4 is 5.32 Å². The first-order valence-corrected chi connectivity index (χ1v) is 6.55. The van der Waals surface area contributed by atoms with E-state index in [0.717, 1.165) is 36.0 Å². The molecule has 2 heterocycles. The standard InChI is InChI=1S/C12H16BrN3O/c1-14-12(17)11-3-2-4-16(11)8-9-5-10(13)7-15-6-9/h5-7,11H,2-4,8H2,1H3,(H,14,17). The van der Waals surface area contributed by atoms with Crippen molar-refractivity contribution in [3.63, 3.8) is 0 Å². The molecule has 0 bridgehead atoms. The third kappa shape index (κ3) is 3.04. The van der Waals surface area contributed by atoms with Gasteiger partial charge in [-0.1, -0.05) is 0 Å². The van der Waals surface area contributed by atoms with Crippen LogP contribution in [0.15, 0.2) is 22.9 Å².